The highest BCUT2D eigenvalue weighted by Gasteiger charge is 2.17. The molecule has 0 aliphatic heterocycles. The number of ether oxygens (including phenoxy) is 1. The van der Waals surface area contributed by atoms with Crippen LogP contribution in [0.25, 0.3) is 44.4 Å². The summed E-state index contributed by atoms with van der Waals surface area (Å²) in [5.41, 5.74) is 14.6. The van der Waals surface area contributed by atoms with Crippen LogP contribution in [0.1, 0.15) is 52.8 Å². The topological polar surface area (TPSA) is 44.9 Å². The molecule has 0 saturated heterocycles. The van der Waals surface area contributed by atoms with E-state index in [1.807, 2.05) is 17.1 Å². The largest absolute Gasteiger partial charge is 0.457 e. The summed E-state index contributed by atoms with van der Waals surface area (Å²) in [4.78, 5) is 4.82. The molecule has 0 bridgehead atoms. The zero-order valence-electron chi connectivity index (χ0n) is 28.6. The summed E-state index contributed by atoms with van der Waals surface area (Å²) in [6, 6.07) is 25.5. The lowest BCUT2D eigenvalue weighted by molar-refractivity contribution is 0.482. The van der Waals surface area contributed by atoms with Crippen LogP contribution in [0.15, 0.2) is 91.4 Å². The van der Waals surface area contributed by atoms with E-state index in [4.69, 9.17) is 14.8 Å². The molecule has 4 aromatic carbocycles. The summed E-state index contributed by atoms with van der Waals surface area (Å²) in [6.45, 7) is 17.7. The molecule has 7 rings (SSSR count). The molecule has 0 aliphatic rings. The minimum atomic E-state index is 0.570. The van der Waals surface area contributed by atoms with Gasteiger partial charge in [-0.05, 0) is 141 Å². The average Bonchev–Trinajstić information content (AvgIpc) is 3.66. The van der Waals surface area contributed by atoms with Crippen molar-refractivity contribution in [3.8, 4) is 34.1 Å². The Balaban J connectivity index is 1.27. The van der Waals surface area contributed by atoms with Crippen molar-refractivity contribution in [2.75, 3.05) is 0 Å². The number of nitrogens with zero attached hydrogens (tertiary/aromatic N) is 4. The van der Waals surface area contributed by atoms with Gasteiger partial charge in [0, 0.05) is 40.9 Å². The molecule has 47 heavy (non-hydrogen) atoms. The molecule has 236 valence electrons. The van der Waals surface area contributed by atoms with Crippen LogP contribution in [0.4, 0.5) is 0 Å². The number of aryl methyl sites for hydroxylation is 1. The summed E-state index contributed by atoms with van der Waals surface area (Å²) in [7, 11) is 0. The van der Waals surface area contributed by atoms with Gasteiger partial charge in [-0.2, -0.15) is 5.10 Å². The number of hydrogen-bond acceptors (Lipinski definition) is 3. The first-order valence-electron chi connectivity index (χ1n) is 16.5. The van der Waals surface area contributed by atoms with Gasteiger partial charge in [0.25, 0.3) is 0 Å². The van der Waals surface area contributed by atoms with E-state index in [1.54, 1.807) is 0 Å². The molecule has 5 nitrogen and oxygen atoms in total. The first-order chi connectivity index (χ1) is 22.6. The lowest BCUT2D eigenvalue weighted by atomic mass is 9.87. The van der Waals surface area contributed by atoms with Crippen molar-refractivity contribution in [1.82, 2.24) is 19.3 Å². The minimum absolute atomic E-state index is 0.570. The second-order valence-electron chi connectivity index (χ2n) is 13.4. The fourth-order valence-electron chi connectivity index (χ4n) is 7.02. The molecule has 0 N–H and O–H groups in total. The fraction of sp³-hybridized carbons (Fsp3) is 0.238. The van der Waals surface area contributed by atoms with Crippen molar-refractivity contribution < 1.29 is 4.74 Å². The number of rotatable bonds is 7. The van der Waals surface area contributed by atoms with Gasteiger partial charge in [0.05, 0.1) is 22.9 Å². The Kier molecular flexibility index (Phi) is 7.71. The Bertz CT molecular complexity index is 2270. The summed E-state index contributed by atoms with van der Waals surface area (Å²) in [5, 5.41) is 7.17. The van der Waals surface area contributed by atoms with Crippen molar-refractivity contribution in [2.45, 2.75) is 61.8 Å². The zero-order valence-corrected chi connectivity index (χ0v) is 28.6. The highest BCUT2D eigenvalue weighted by Crippen LogP contribution is 2.37. The van der Waals surface area contributed by atoms with Gasteiger partial charge in [0.1, 0.15) is 17.3 Å². The maximum atomic E-state index is 6.59. The van der Waals surface area contributed by atoms with Gasteiger partial charge in [0.15, 0.2) is 0 Å². The Morgan fingerprint density at radius 1 is 0.702 bits per heavy atom. The molecule has 0 aliphatic carbocycles. The van der Waals surface area contributed by atoms with Crippen LogP contribution < -0.4 is 4.74 Å². The quantitative estimate of drug-likeness (QED) is 0.178. The van der Waals surface area contributed by atoms with Crippen LogP contribution in [0, 0.1) is 47.5 Å². The smallest absolute Gasteiger partial charge is 0.137 e. The molecule has 0 fully saturated rings. The van der Waals surface area contributed by atoms with Gasteiger partial charge in [0.2, 0.25) is 0 Å². The van der Waals surface area contributed by atoms with Crippen molar-refractivity contribution in [3.05, 3.63) is 130 Å². The second kappa shape index (κ2) is 11.9. The monoisotopic (exact) mass is 618 g/mol. The number of aromatic nitrogens is 4. The van der Waals surface area contributed by atoms with E-state index in [2.05, 4.69) is 139 Å². The second-order valence-corrected chi connectivity index (χ2v) is 13.4. The number of pyridine rings is 1. The van der Waals surface area contributed by atoms with Gasteiger partial charge in [-0.25, -0.2) is 9.67 Å². The molecule has 0 radical (unpaired) electrons. The molecular formula is C42H42N4O. The van der Waals surface area contributed by atoms with E-state index in [9.17, 15) is 0 Å². The summed E-state index contributed by atoms with van der Waals surface area (Å²) >= 11 is 0. The SMILES string of the molecule is Cc1cc(Oc2ccc3c4ccccc4n(-c4cc(CC(C)C)ccn4)c3c2)cc(-n2cc(-c3c(C)c(C)c(C)c(C)c3C)cn2)c1. The molecule has 7 aromatic rings. The van der Waals surface area contributed by atoms with Crippen molar-refractivity contribution in [1.29, 1.82) is 0 Å². The minimum Gasteiger partial charge on any atom is -0.457 e. The van der Waals surface area contributed by atoms with Gasteiger partial charge in [-0.1, -0.05) is 32.0 Å². The average molecular weight is 619 g/mol. The molecule has 0 atom stereocenters. The van der Waals surface area contributed by atoms with Gasteiger partial charge in [-0.3, -0.25) is 4.57 Å². The van der Waals surface area contributed by atoms with Gasteiger partial charge >= 0.3 is 0 Å². The number of fused-ring (bicyclic) bond motifs is 3. The maximum Gasteiger partial charge on any atom is 0.137 e. The summed E-state index contributed by atoms with van der Waals surface area (Å²) in [5.74, 6) is 3.03. The third kappa shape index (κ3) is 5.50. The van der Waals surface area contributed by atoms with Crippen LogP contribution >= 0.6 is 0 Å². The number of para-hydroxylation sites is 1. The standard InChI is InChI=1S/C42H42N4O/c1-25(2)17-32-15-16-43-41(20-32)46-39-12-10-9-11-37(39)38-14-13-35(22-40(38)46)47-36-19-26(3)18-34(21-36)45-24-33(23-44-45)42-30(7)28(5)27(4)29(6)31(42)8/h9-16,18-25H,17H2,1-8H3. The van der Waals surface area contributed by atoms with Crippen LogP contribution in [0.3, 0.4) is 0 Å². The van der Waals surface area contributed by atoms with E-state index >= 15 is 0 Å². The van der Waals surface area contributed by atoms with E-state index in [-0.39, 0.29) is 0 Å². The predicted octanol–water partition coefficient (Wildman–Crippen LogP) is 10.9. The highest BCUT2D eigenvalue weighted by molar-refractivity contribution is 6.09. The molecule has 3 heterocycles. The first-order valence-corrected chi connectivity index (χ1v) is 16.5. The van der Waals surface area contributed by atoms with E-state index < -0.39 is 0 Å². The molecule has 0 unspecified atom stereocenters. The van der Waals surface area contributed by atoms with Crippen molar-refractivity contribution >= 4 is 21.8 Å². The predicted molar refractivity (Wildman–Crippen MR) is 195 cm³/mol. The van der Waals surface area contributed by atoms with E-state index in [1.165, 1.54) is 49.7 Å². The Labute approximate surface area is 277 Å². The number of hydrogen-bond donors (Lipinski definition) is 0. The highest BCUT2D eigenvalue weighted by atomic mass is 16.5. The van der Waals surface area contributed by atoms with Crippen LogP contribution in [-0.2, 0) is 6.42 Å². The molecule has 0 spiro atoms. The van der Waals surface area contributed by atoms with Crippen molar-refractivity contribution in [3.63, 3.8) is 0 Å². The Hall–Kier alpha value is -5.16. The molecule has 0 amide bonds. The van der Waals surface area contributed by atoms with Crippen LogP contribution in [0.5, 0.6) is 11.5 Å². The van der Waals surface area contributed by atoms with E-state index in [0.29, 0.717) is 5.92 Å². The third-order valence-electron chi connectivity index (χ3n) is 9.74. The zero-order chi connectivity index (χ0) is 33.0. The van der Waals surface area contributed by atoms with E-state index in [0.717, 1.165) is 51.6 Å². The summed E-state index contributed by atoms with van der Waals surface area (Å²) < 4.78 is 10.8. The molecule has 3 aromatic heterocycles. The lowest BCUT2D eigenvalue weighted by Crippen LogP contribution is -2.01. The molecule has 0 saturated carbocycles. The lowest BCUT2D eigenvalue weighted by Gasteiger charge is -2.17. The Morgan fingerprint density at radius 3 is 2.19 bits per heavy atom. The first kappa shape index (κ1) is 30.5. The fourth-order valence-corrected chi connectivity index (χ4v) is 7.02. The molecule has 5 heteroatoms. The Morgan fingerprint density at radius 2 is 1.43 bits per heavy atom. The van der Waals surface area contributed by atoms with Crippen LogP contribution in [0.2, 0.25) is 0 Å². The summed E-state index contributed by atoms with van der Waals surface area (Å²) in [6.07, 6.45) is 7.04. The third-order valence-corrected chi connectivity index (χ3v) is 9.74. The number of benzene rings is 4. The van der Waals surface area contributed by atoms with Crippen molar-refractivity contribution in [2.24, 2.45) is 5.92 Å². The normalized spacial score (nSPS) is 11.7. The molecular weight excluding hydrogens is 576 g/mol. The van der Waals surface area contributed by atoms with Gasteiger partial charge in [-0.15, -0.1) is 0 Å². The van der Waals surface area contributed by atoms with Gasteiger partial charge < -0.3 is 4.74 Å². The van der Waals surface area contributed by atoms with Crippen LogP contribution in [-0.4, -0.2) is 19.3 Å². The maximum absolute atomic E-state index is 6.59.